The van der Waals surface area contributed by atoms with Crippen molar-refractivity contribution < 1.29 is 28.9 Å². The molecule has 2 aromatic carbocycles. The van der Waals surface area contributed by atoms with Crippen LogP contribution in [0.15, 0.2) is 48.0 Å². The molecular formula is C29H36N2O6. The minimum atomic E-state index is -0.684. The molecule has 0 radical (unpaired) electrons. The van der Waals surface area contributed by atoms with E-state index in [0.717, 1.165) is 30.8 Å². The van der Waals surface area contributed by atoms with Gasteiger partial charge in [-0.3, -0.25) is 14.5 Å². The van der Waals surface area contributed by atoms with Crippen LogP contribution in [0.1, 0.15) is 48.9 Å². The first-order valence-electron chi connectivity index (χ1n) is 12.8. The average Bonchev–Trinajstić information content (AvgIpc) is 3.18. The Morgan fingerprint density at radius 1 is 1.00 bits per heavy atom. The number of nitrogens with zero attached hydrogens (tertiary/aromatic N) is 2. The summed E-state index contributed by atoms with van der Waals surface area (Å²) in [6, 6.07) is 12.2. The van der Waals surface area contributed by atoms with Gasteiger partial charge in [-0.05, 0) is 41.7 Å². The number of Topliss-reactive ketones (excluding diaryl/α,β-unsaturated/α-hetero) is 1. The van der Waals surface area contributed by atoms with E-state index in [4.69, 9.17) is 14.2 Å². The van der Waals surface area contributed by atoms with Crippen LogP contribution in [0.25, 0.3) is 5.76 Å². The maximum absolute atomic E-state index is 13.3. The lowest BCUT2D eigenvalue weighted by Crippen LogP contribution is -2.38. The van der Waals surface area contributed by atoms with Crippen molar-refractivity contribution in [1.29, 1.82) is 0 Å². The number of aliphatic hydroxyl groups is 1. The maximum Gasteiger partial charge on any atom is 0.295 e. The molecular weight excluding hydrogens is 472 g/mol. The second-order valence-corrected chi connectivity index (χ2v) is 9.69. The summed E-state index contributed by atoms with van der Waals surface area (Å²) in [5.74, 6) is -0.236. The monoisotopic (exact) mass is 508 g/mol. The Kier molecular flexibility index (Phi) is 8.51. The van der Waals surface area contributed by atoms with E-state index in [-0.39, 0.29) is 11.3 Å². The highest BCUT2D eigenvalue weighted by atomic mass is 16.5. The standard InChI is InChI=1S/C29H36N2O6/c1-19(2)20-6-8-21(9-7-20)26-25(27(32)22-10-11-23(35-3)24(18-22)36-4)28(33)29(34)31(26)13-5-12-30-14-16-37-17-15-30/h6-11,18-19,26,32H,5,12-17H2,1-4H3/b27-25+. The van der Waals surface area contributed by atoms with Gasteiger partial charge in [0, 0.05) is 31.7 Å². The lowest BCUT2D eigenvalue weighted by atomic mass is 9.93. The number of carbonyl (C=O) groups excluding carboxylic acids is 2. The molecule has 2 aromatic rings. The average molecular weight is 509 g/mol. The van der Waals surface area contributed by atoms with E-state index in [9.17, 15) is 14.7 Å². The summed E-state index contributed by atoms with van der Waals surface area (Å²) in [6.07, 6.45) is 0.712. The second kappa shape index (κ2) is 11.8. The molecule has 1 unspecified atom stereocenters. The van der Waals surface area contributed by atoms with Gasteiger partial charge in [0.15, 0.2) is 11.5 Å². The number of ketones is 1. The number of benzene rings is 2. The van der Waals surface area contributed by atoms with Gasteiger partial charge in [0.05, 0.1) is 39.0 Å². The number of likely N-dealkylation sites (tertiary alicyclic amines) is 1. The van der Waals surface area contributed by atoms with Crippen LogP contribution in [0, 0.1) is 0 Å². The van der Waals surface area contributed by atoms with Gasteiger partial charge in [0.1, 0.15) is 5.76 Å². The van der Waals surface area contributed by atoms with E-state index in [2.05, 4.69) is 18.7 Å². The molecule has 4 rings (SSSR count). The highest BCUT2D eigenvalue weighted by molar-refractivity contribution is 6.46. The van der Waals surface area contributed by atoms with Crippen molar-refractivity contribution in [2.45, 2.75) is 32.2 Å². The Hall–Kier alpha value is -3.36. The van der Waals surface area contributed by atoms with Crippen LogP contribution >= 0.6 is 0 Å². The number of hydrogen-bond acceptors (Lipinski definition) is 7. The molecule has 0 saturated carbocycles. The molecule has 1 amide bonds. The molecule has 2 fully saturated rings. The van der Waals surface area contributed by atoms with Crippen molar-refractivity contribution in [1.82, 2.24) is 9.80 Å². The predicted molar refractivity (Wildman–Crippen MR) is 141 cm³/mol. The molecule has 0 aromatic heterocycles. The molecule has 2 heterocycles. The summed E-state index contributed by atoms with van der Waals surface area (Å²) in [5, 5.41) is 11.4. The quantitative estimate of drug-likeness (QED) is 0.312. The molecule has 8 nitrogen and oxygen atoms in total. The van der Waals surface area contributed by atoms with Crippen LogP contribution in [-0.4, -0.2) is 80.2 Å². The zero-order valence-corrected chi connectivity index (χ0v) is 22.0. The van der Waals surface area contributed by atoms with E-state index >= 15 is 0 Å². The van der Waals surface area contributed by atoms with E-state index in [1.165, 1.54) is 14.2 Å². The smallest absolute Gasteiger partial charge is 0.295 e. The molecule has 0 aliphatic carbocycles. The number of morpholine rings is 1. The lowest BCUT2D eigenvalue weighted by Gasteiger charge is -2.29. The maximum atomic E-state index is 13.3. The van der Waals surface area contributed by atoms with Gasteiger partial charge in [-0.15, -0.1) is 0 Å². The van der Waals surface area contributed by atoms with Crippen LogP contribution in [0.3, 0.4) is 0 Å². The number of hydrogen-bond donors (Lipinski definition) is 1. The van der Waals surface area contributed by atoms with E-state index in [1.807, 2.05) is 24.3 Å². The van der Waals surface area contributed by atoms with Gasteiger partial charge >= 0.3 is 0 Å². The SMILES string of the molecule is COc1ccc(/C(O)=C2\C(=O)C(=O)N(CCCN3CCOCC3)C2c2ccc(C(C)C)cc2)cc1OC. The third-order valence-electron chi connectivity index (χ3n) is 7.09. The summed E-state index contributed by atoms with van der Waals surface area (Å²) in [5.41, 5.74) is 2.42. The molecule has 2 saturated heterocycles. The third-order valence-corrected chi connectivity index (χ3v) is 7.09. The van der Waals surface area contributed by atoms with Crippen molar-refractivity contribution in [3.63, 3.8) is 0 Å². The lowest BCUT2D eigenvalue weighted by molar-refractivity contribution is -0.140. The summed E-state index contributed by atoms with van der Waals surface area (Å²) in [7, 11) is 3.03. The van der Waals surface area contributed by atoms with Crippen LogP contribution < -0.4 is 9.47 Å². The fourth-order valence-corrected chi connectivity index (χ4v) is 4.95. The van der Waals surface area contributed by atoms with Crippen molar-refractivity contribution in [2.75, 3.05) is 53.6 Å². The van der Waals surface area contributed by atoms with Crippen molar-refractivity contribution in [2.24, 2.45) is 0 Å². The molecule has 0 bridgehead atoms. The van der Waals surface area contributed by atoms with Gasteiger partial charge in [0.2, 0.25) is 0 Å². The third kappa shape index (κ3) is 5.65. The van der Waals surface area contributed by atoms with Crippen LogP contribution in [0.4, 0.5) is 0 Å². The molecule has 0 spiro atoms. The first kappa shape index (κ1) is 26.7. The zero-order chi connectivity index (χ0) is 26.5. The van der Waals surface area contributed by atoms with Gasteiger partial charge in [-0.1, -0.05) is 38.1 Å². The molecule has 1 N–H and O–H groups in total. The van der Waals surface area contributed by atoms with E-state index in [1.54, 1.807) is 23.1 Å². The number of rotatable bonds is 9. The number of ether oxygens (including phenoxy) is 3. The molecule has 2 aliphatic heterocycles. The molecule has 8 heteroatoms. The van der Waals surface area contributed by atoms with Crippen molar-refractivity contribution in [3.05, 3.63) is 64.7 Å². The first-order chi connectivity index (χ1) is 17.8. The molecule has 2 aliphatic rings. The Labute approximate surface area is 218 Å². The predicted octanol–water partition coefficient (Wildman–Crippen LogP) is 3.97. The van der Waals surface area contributed by atoms with E-state index in [0.29, 0.717) is 49.2 Å². The zero-order valence-electron chi connectivity index (χ0n) is 22.0. The Morgan fingerprint density at radius 2 is 1.68 bits per heavy atom. The van der Waals surface area contributed by atoms with Crippen LogP contribution in [0.2, 0.25) is 0 Å². The molecule has 198 valence electrons. The van der Waals surface area contributed by atoms with E-state index < -0.39 is 17.7 Å². The van der Waals surface area contributed by atoms with Crippen molar-refractivity contribution >= 4 is 17.4 Å². The Balaban J connectivity index is 1.71. The van der Waals surface area contributed by atoms with Gasteiger partial charge in [0.25, 0.3) is 11.7 Å². The van der Waals surface area contributed by atoms with Crippen LogP contribution in [0.5, 0.6) is 11.5 Å². The summed E-state index contributed by atoms with van der Waals surface area (Å²) in [4.78, 5) is 30.5. The fraction of sp³-hybridized carbons (Fsp3) is 0.448. The summed E-state index contributed by atoms with van der Waals surface area (Å²) in [6.45, 7) is 8.57. The molecule has 37 heavy (non-hydrogen) atoms. The summed E-state index contributed by atoms with van der Waals surface area (Å²) < 4.78 is 16.1. The highest BCUT2D eigenvalue weighted by Crippen LogP contribution is 2.41. The Bertz CT molecular complexity index is 1150. The summed E-state index contributed by atoms with van der Waals surface area (Å²) >= 11 is 0. The number of aliphatic hydroxyl groups excluding tert-OH is 1. The topological polar surface area (TPSA) is 88.5 Å². The minimum Gasteiger partial charge on any atom is -0.507 e. The van der Waals surface area contributed by atoms with Gasteiger partial charge < -0.3 is 24.2 Å². The fourth-order valence-electron chi connectivity index (χ4n) is 4.95. The highest BCUT2D eigenvalue weighted by Gasteiger charge is 2.45. The largest absolute Gasteiger partial charge is 0.507 e. The van der Waals surface area contributed by atoms with Gasteiger partial charge in [-0.25, -0.2) is 0 Å². The number of methoxy groups -OCH3 is 2. The Morgan fingerprint density at radius 3 is 2.30 bits per heavy atom. The normalized spacial score (nSPS) is 20.0. The number of carbonyl (C=O) groups is 2. The van der Waals surface area contributed by atoms with Crippen LogP contribution in [-0.2, 0) is 14.3 Å². The second-order valence-electron chi connectivity index (χ2n) is 9.69. The number of amides is 1. The minimum absolute atomic E-state index is 0.0842. The van der Waals surface area contributed by atoms with Crippen molar-refractivity contribution in [3.8, 4) is 11.5 Å². The van der Waals surface area contributed by atoms with Gasteiger partial charge in [-0.2, -0.15) is 0 Å². The molecule has 1 atom stereocenters. The first-order valence-corrected chi connectivity index (χ1v) is 12.8.